The summed E-state index contributed by atoms with van der Waals surface area (Å²) in [5.41, 5.74) is -0.229. The van der Waals surface area contributed by atoms with E-state index in [9.17, 15) is 24.2 Å². The molecule has 0 radical (unpaired) electrons. The Labute approximate surface area is 87.7 Å². The molecule has 0 aliphatic heterocycles. The molecule has 92 valence electrons. The lowest BCUT2D eigenvalue weighted by Crippen LogP contribution is -2.06. The highest BCUT2D eigenvalue weighted by Gasteiger charge is 2.65. The third-order valence-corrected chi connectivity index (χ3v) is 2.92. The standard InChI is InChI=1S/C8H7F5O2S/c1-15-8-4-7(3-2-6(8)5-14)16(9,10,11,12)13/h2-5H,1H3. The fourth-order valence-electron chi connectivity index (χ4n) is 1.03. The van der Waals surface area contributed by atoms with Crippen molar-refractivity contribution in [2.24, 2.45) is 0 Å². The van der Waals surface area contributed by atoms with Crippen LogP contribution in [0.15, 0.2) is 23.1 Å². The summed E-state index contributed by atoms with van der Waals surface area (Å²) >= 11 is 0. The maximum Gasteiger partial charge on any atom is 0.310 e. The second-order valence-electron chi connectivity index (χ2n) is 2.99. The second-order valence-corrected chi connectivity index (χ2v) is 5.40. The Bertz CT molecular complexity index is 439. The minimum absolute atomic E-state index is 0.116. The van der Waals surface area contributed by atoms with Crippen molar-refractivity contribution in [1.82, 2.24) is 0 Å². The maximum atomic E-state index is 12.4. The van der Waals surface area contributed by atoms with Gasteiger partial charge in [-0.2, -0.15) is 0 Å². The average molecular weight is 262 g/mol. The number of aldehydes is 1. The summed E-state index contributed by atoms with van der Waals surface area (Å²) < 4.78 is 66.2. The first-order valence-electron chi connectivity index (χ1n) is 3.85. The molecular formula is C8H7F5O2S. The van der Waals surface area contributed by atoms with E-state index in [1.165, 1.54) is 0 Å². The third kappa shape index (κ3) is 2.63. The monoisotopic (exact) mass is 262 g/mol. The zero-order valence-electron chi connectivity index (χ0n) is 7.92. The van der Waals surface area contributed by atoms with Gasteiger partial charge in [-0.05, 0) is 12.1 Å². The van der Waals surface area contributed by atoms with Gasteiger partial charge in [-0.3, -0.25) is 4.79 Å². The number of hydrogen-bond acceptors (Lipinski definition) is 2. The smallest absolute Gasteiger partial charge is 0.310 e. The van der Waals surface area contributed by atoms with Crippen molar-refractivity contribution in [3.63, 3.8) is 0 Å². The molecule has 8 heteroatoms. The van der Waals surface area contributed by atoms with Crippen molar-refractivity contribution >= 4 is 16.5 Å². The number of carbonyl (C=O) groups is 1. The molecule has 0 bridgehead atoms. The predicted octanol–water partition coefficient (Wildman–Crippen LogP) is 4.17. The van der Waals surface area contributed by atoms with Crippen LogP contribution in [0, 0.1) is 0 Å². The topological polar surface area (TPSA) is 26.3 Å². The van der Waals surface area contributed by atoms with Crippen LogP contribution in [0.3, 0.4) is 0 Å². The molecule has 0 amide bonds. The molecule has 1 aromatic carbocycles. The van der Waals surface area contributed by atoms with E-state index in [1.807, 2.05) is 0 Å². The molecule has 0 unspecified atom stereocenters. The van der Waals surface area contributed by atoms with Crippen LogP contribution in [-0.2, 0) is 0 Å². The number of carbonyl (C=O) groups excluding carboxylic acids is 1. The molecule has 1 aromatic rings. The Morgan fingerprint density at radius 3 is 2.12 bits per heavy atom. The van der Waals surface area contributed by atoms with Crippen molar-refractivity contribution in [3.8, 4) is 5.75 Å². The van der Waals surface area contributed by atoms with Crippen LogP contribution in [0.2, 0.25) is 0 Å². The van der Waals surface area contributed by atoms with Crippen molar-refractivity contribution in [2.75, 3.05) is 7.11 Å². The van der Waals surface area contributed by atoms with Gasteiger partial charge in [0.05, 0.1) is 12.7 Å². The van der Waals surface area contributed by atoms with Crippen LogP contribution in [0.25, 0.3) is 0 Å². The average Bonchev–Trinajstić information content (AvgIpc) is 2.13. The molecule has 0 heterocycles. The van der Waals surface area contributed by atoms with E-state index in [-0.39, 0.29) is 24.0 Å². The van der Waals surface area contributed by atoms with E-state index in [1.54, 1.807) is 0 Å². The quantitative estimate of drug-likeness (QED) is 0.603. The normalized spacial score (nSPS) is 16.1. The number of halogens is 5. The van der Waals surface area contributed by atoms with Crippen molar-refractivity contribution < 1.29 is 29.0 Å². The van der Waals surface area contributed by atoms with E-state index < -0.39 is 20.9 Å². The summed E-state index contributed by atoms with van der Waals surface area (Å²) in [5, 5.41) is 0. The Morgan fingerprint density at radius 2 is 1.75 bits per heavy atom. The summed E-state index contributed by atoms with van der Waals surface area (Å²) in [7, 11) is -8.73. The molecule has 0 saturated carbocycles. The van der Waals surface area contributed by atoms with Crippen molar-refractivity contribution in [1.29, 1.82) is 0 Å². The van der Waals surface area contributed by atoms with E-state index in [4.69, 9.17) is 0 Å². The van der Waals surface area contributed by atoms with Gasteiger partial charge in [-0.1, -0.05) is 19.4 Å². The van der Waals surface area contributed by atoms with Crippen LogP contribution in [0.5, 0.6) is 5.75 Å². The van der Waals surface area contributed by atoms with Gasteiger partial charge in [-0.25, -0.2) is 0 Å². The molecule has 2 nitrogen and oxygen atoms in total. The first-order chi connectivity index (χ1) is 6.97. The van der Waals surface area contributed by atoms with Crippen LogP contribution < -0.4 is 4.74 Å². The highest BCUT2D eigenvalue weighted by molar-refractivity contribution is 8.45. The van der Waals surface area contributed by atoms with E-state index >= 15 is 0 Å². The zero-order chi connectivity index (χ0) is 12.7. The summed E-state index contributed by atoms with van der Waals surface area (Å²) in [4.78, 5) is 8.29. The van der Waals surface area contributed by atoms with E-state index in [0.717, 1.165) is 7.11 Å². The summed E-state index contributed by atoms with van der Waals surface area (Å²) in [5.74, 6) is -0.541. The third-order valence-electron chi connectivity index (χ3n) is 1.78. The first kappa shape index (κ1) is 12.8. The van der Waals surface area contributed by atoms with E-state index in [2.05, 4.69) is 4.74 Å². The molecule has 0 fully saturated rings. The van der Waals surface area contributed by atoms with Gasteiger partial charge in [0.25, 0.3) is 0 Å². The summed E-state index contributed by atoms with van der Waals surface area (Å²) in [6.45, 7) is 0. The van der Waals surface area contributed by atoms with Gasteiger partial charge >= 0.3 is 10.2 Å². The molecule has 0 aliphatic rings. The van der Waals surface area contributed by atoms with E-state index in [0.29, 0.717) is 6.07 Å². The fraction of sp³-hybridized carbons (Fsp3) is 0.125. The van der Waals surface area contributed by atoms with Gasteiger partial charge < -0.3 is 4.74 Å². The van der Waals surface area contributed by atoms with Crippen LogP contribution >= 0.6 is 10.2 Å². The van der Waals surface area contributed by atoms with Gasteiger partial charge in [-0.15, -0.1) is 0 Å². The zero-order valence-corrected chi connectivity index (χ0v) is 8.74. The predicted molar refractivity (Wildman–Crippen MR) is 49.8 cm³/mol. The molecule has 0 spiro atoms. The van der Waals surface area contributed by atoms with Gasteiger partial charge in [0.1, 0.15) is 10.6 Å². The van der Waals surface area contributed by atoms with Gasteiger partial charge in [0.2, 0.25) is 0 Å². The largest absolute Gasteiger partial charge is 0.496 e. The van der Waals surface area contributed by atoms with Gasteiger partial charge in [0.15, 0.2) is 6.29 Å². The number of ether oxygens (including phenoxy) is 1. The molecule has 0 saturated heterocycles. The van der Waals surface area contributed by atoms with Gasteiger partial charge in [0, 0.05) is 6.07 Å². The highest BCUT2D eigenvalue weighted by Crippen LogP contribution is 3.02. The van der Waals surface area contributed by atoms with Crippen LogP contribution in [0.1, 0.15) is 10.4 Å². The fourth-order valence-corrected chi connectivity index (χ4v) is 1.68. The van der Waals surface area contributed by atoms with Crippen LogP contribution in [-0.4, -0.2) is 13.4 Å². The maximum absolute atomic E-state index is 12.4. The molecule has 1 rings (SSSR count). The number of rotatable bonds is 3. The lowest BCUT2D eigenvalue weighted by atomic mass is 10.2. The molecular weight excluding hydrogens is 255 g/mol. The lowest BCUT2D eigenvalue weighted by molar-refractivity contribution is 0.112. The SMILES string of the molecule is COc1cc(S(F)(F)(F)(F)F)ccc1C=O. The van der Waals surface area contributed by atoms with Crippen LogP contribution in [0.4, 0.5) is 19.4 Å². The molecule has 0 N–H and O–H groups in total. The summed E-state index contributed by atoms with van der Waals surface area (Å²) in [6.07, 6.45) is 0.216. The minimum Gasteiger partial charge on any atom is -0.496 e. The molecule has 0 aliphatic carbocycles. The highest BCUT2D eigenvalue weighted by atomic mass is 32.5. The van der Waals surface area contributed by atoms with Crippen molar-refractivity contribution in [3.05, 3.63) is 23.8 Å². The Morgan fingerprint density at radius 1 is 1.19 bits per heavy atom. The Kier molecular flexibility index (Phi) is 2.29. The lowest BCUT2D eigenvalue weighted by Gasteiger charge is -2.40. The molecule has 16 heavy (non-hydrogen) atoms. The summed E-state index contributed by atoms with van der Waals surface area (Å²) in [6, 6.07) is 0.915. The van der Waals surface area contributed by atoms with Crippen molar-refractivity contribution in [2.45, 2.75) is 4.90 Å². The second kappa shape index (κ2) is 2.88. The number of hydrogen-bond donors (Lipinski definition) is 0. The Balaban J connectivity index is 3.47. The minimum atomic E-state index is -9.72. The first-order valence-corrected chi connectivity index (χ1v) is 5.80. The molecule has 0 aromatic heterocycles. The Hall–Kier alpha value is -1.31. The molecule has 0 atom stereocenters. The number of methoxy groups -OCH3 is 1. The number of benzene rings is 1.